The van der Waals surface area contributed by atoms with Crippen LogP contribution in [0.4, 0.5) is 8.78 Å². The standard InChI is InChI=1S/C5H4ClF2NS/c6-3-1-2-9-4(3)10-5(7)8/h1-2,5,9H. The monoisotopic (exact) mass is 183 g/mol. The molecule has 0 amide bonds. The Morgan fingerprint density at radius 2 is 2.30 bits per heavy atom. The van der Waals surface area contributed by atoms with Gasteiger partial charge in [0.1, 0.15) is 0 Å². The van der Waals surface area contributed by atoms with Gasteiger partial charge >= 0.3 is 0 Å². The van der Waals surface area contributed by atoms with Crippen LogP contribution in [-0.2, 0) is 0 Å². The highest BCUT2D eigenvalue weighted by atomic mass is 35.5. The van der Waals surface area contributed by atoms with Gasteiger partial charge in [-0.2, -0.15) is 8.78 Å². The molecule has 10 heavy (non-hydrogen) atoms. The molecule has 0 aliphatic rings. The summed E-state index contributed by atoms with van der Waals surface area (Å²) in [7, 11) is 0. The molecule has 0 aliphatic carbocycles. The van der Waals surface area contributed by atoms with Gasteiger partial charge in [0.15, 0.2) is 0 Å². The van der Waals surface area contributed by atoms with Gasteiger partial charge in [-0.1, -0.05) is 11.6 Å². The number of hydrogen-bond donors (Lipinski definition) is 1. The summed E-state index contributed by atoms with van der Waals surface area (Å²) < 4.78 is 23.3. The lowest BCUT2D eigenvalue weighted by Crippen LogP contribution is -1.80. The SMILES string of the molecule is FC(F)Sc1[nH]ccc1Cl. The van der Waals surface area contributed by atoms with Crippen LogP contribution in [0, 0.1) is 0 Å². The highest BCUT2D eigenvalue weighted by Crippen LogP contribution is 2.29. The van der Waals surface area contributed by atoms with Gasteiger partial charge in [-0.3, -0.25) is 0 Å². The number of aromatic nitrogens is 1. The number of H-pyrrole nitrogens is 1. The number of thioether (sulfide) groups is 1. The average Bonchev–Trinajstić information content (AvgIpc) is 2.15. The van der Waals surface area contributed by atoms with E-state index in [0.717, 1.165) is 0 Å². The van der Waals surface area contributed by atoms with Gasteiger partial charge in [0.05, 0.1) is 10.0 Å². The molecule has 0 saturated carbocycles. The van der Waals surface area contributed by atoms with E-state index < -0.39 is 5.76 Å². The molecular weight excluding hydrogens is 180 g/mol. The first-order valence-electron chi connectivity index (χ1n) is 2.48. The zero-order valence-electron chi connectivity index (χ0n) is 4.77. The van der Waals surface area contributed by atoms with E-state index in [0.29, 0.717) is 21.8 Å². The number of alkyl halides is 2. The van der Waals surface area contributed by atoms with Gasteiger partial charge in [0.25, 0.3) is 5.76 Å². The van der Waals surface area contributed by atoms with Crippen LogP contribution >= 0.6 is 23.4 Å². The molecule has 0 bridgehead atoms. The van der Waals surface area contributed by atoms with Crippen LogP contribution in [0.1, 0.15) is 0 Å². The summed E-state index contributed by atoms with van der Waals surface area (Å²) in [4.78, 5) is 2.59. The van der Waals surface area contributed by atoms with E-state index in [4.69, 9.17) is 11.6 Å². The Bertz CT molecular complexity index is 213. The van der Waals surface area contributed by atoms with E-state index in [1.165, 1.54) is 12.3 Å². The number of hydrogen-bond acceptors (Lipinski definition) is 1. The third-order valence-electron chi connectivity index (χ3n) is 0.868. The fourth-order valence-corrected chi connectivity index (χ4v) is 1.26. The van der Waals surface area contributed by atoms with Crippen LogP contribution in [0.25, 0.3) is 0 Å². The molecule has 5 heteroatoms. The number of rotatable bonds is 2. The molecule has 0 fully saturated rings. The molecule has 0 spiro atoms. The summed E-state index contributed by atoms with van der Waals surface area (Å²) in [6.07, 6.45) is 1.52. The Balaban J connectivity index is 2.65. The van der Waals surface area contributed by atoms with Crippen molar-refractivity contribution in [3.05, 3.63) is 17.3 Å². The molecule has 0 unspecified atom stereocenters. The number of nitrogens with one attached hydrogen (secondary N) is 1. The minimum absolute atomic E-state index is 0.316. The first-order valence-corrected chi connectivity index (χ1v) is 3.73. The fraction of sp³-hybridized carbons (Fsp3) is 0.200. The predicted molar refractivity (Wildman–Crippen MR) is 37.7 cm³/mol. The van der Waals surface area contributed by atoms with Gasteiger partial charge in [-0.15, -0.1) is 0 Å². The largest absolute Gasteiger partial charge is 0.355 e. The quantitative estimate of drug-likeness (QED) is 0.697. The first kappa shape index (κ1) is 7.88. The lowest BCUT2D eigenvalue weighted by atomic mass is 10.7. The van der Waals surface area contributed by atoms with Crippen LogP contribution in [-0.4, -0.2) is 10.7 Å². The second-order valence-electron chi connectivity index (χ2n) is 1.53. The fourth-order valence-electron chi connectivity index (χ4n) is 0.515. The molecule has 0 aromatic carbocycles. The molecule has 1 aromatic rings. The second kappa shape index (κ2) is 3.25. The maximum absolute atomic E-state index is 11.7. The predicted octanol–water partition coefficient (Wildman–Crippen LogP) is 2.98. The summed E-state index contributed by atoms with van der Waals surface area (Å²) in [6.45, 7) is 0. The maximum Gasteiger partial charge on any atom is 0.290 e. The Morgan fingerprint density at radius 1 is 1.60 bits per heavy atom. The Morgan fingerprint density at radius 3 is 2.70 bits per heavy atom. The van der Waals surface area contributed by atoms with E-state index in [1.54, 1.807) is 0 Å². The molecule has 0 aliphatic heterocycles. The highest BCUT2D eigenvalue weighted by Gasteiger charge is 2.08. The molecule has 1 rings (SSSR count). The second-order valence-corrected chi connectivity index (χ2v) is 2.94. The zero-order chi connectivity index (χ0) is 7.56. The van der Waals surface area contributed by atoms with Crippen LogP contribution < -0.4 is 0 Å². The van der Waals surface area contributed by atoms with Crippen molar-refractivity contribution in [1.29, 1.82) is 0 Å². The number of aromatic amines is 1. The lowest BCUT2D eigenvalue weighted by molar-refractivity contribution is 0.252. The van der Waals surface area contributed by atoms with Crippen LogP contribution in [0.15, 0.2) is 17.3 Å². The van der Waals surface area contributed by atoms with Crippen molar-refractivity contribution in [1.82, 2.24) is 4.98 Å². The summed E-state index contributed by atoms with van der Waals surface area (Å²) in [5.74, 6) is -2.42. The van der Waals surface area contributed by atoms with Gasteiger partial charge in [0.2, 0.25) is 0 Å². The van der Waals surface area contributed by atoms with Crippen molar-refractivity contribution in [2.45, 2.75) is 10.8 Å². The zero-order valence-corrected chi connectivity index (χ0v) is 6.35. The van der Waals surface area contributed by atoms with Gasteiger partial charge < -0.3 is 4.98 Å². The van der Waals surface area contributed by atoms with Crippen molar-refractivity contribution in [3.63, 3.8) is 0 Å². The maximum atomic E-state index is 11.7. The minimum Gasteiger partial charge on any atom is -0.355 e. The molecule has 1 nitrogen and oxygen atoms in total. The van der Waals surface area contributed by atoms with Gasteiger partial charge in [0, 0.05) is 6.20 Å². The van der Waals surface area contributed by atoms with E-state index in [1.807, 2.05) is 0 Å². The highest BCUT2D eigenvalue weighted by molar-refractivity contribution is 7.99. The van der Waals surface area contributed by atoms with Crippen molar-refractivity contribution >= 4 is 23.4 Å². The van der Waals surface area contributed by atoms with Gasteiger partial charge in [-0.25, -0.2) is 0 Å². The lowest BCUT2D eigenvalue weighted by Gasteiger charge is -1.94. The molecule has 56 valence electrons. The van der Waals surface area contributed by atoms with Crippen molar-refractivity contribution in [3.8, 4) is 0 Å². The number of halogens is 3. The van der Waals surface area contributed by atoms with Crippen LogP contribution in [0.3, 0.4) is 0 Å². The Hall–Kier alpha value is -0.220. The smallest absolute Gasteiger partial charge is 0.290 e. The average molecular weight is 184 g/mol. The van der Waals surface area contributed by atoms with Crippen LogP contribution in [0.5, 0.6) is 0 Å². The Labute approximate surface area is 65.8 Å². The van der Waals surface area contributed by atoms with E-state index in [2.05, 4.69) is 4.98 Å². The summed E-state index contributed by atoms with van der Waals surface area (Å²) in [5, 5.41) is 0.655. The summed E-state index contributed by atoms with van der Waals surface area (Å²) in [6, 6.07) is 1.53. The summed E-state index contributed by atoms with van der Waals surface area (Å²) >= 11 is 5.91. The molecule has 0 radical (unpaired) electrons. The molecule has 0 saturated heterocycles. The van der Waals surface area contributed by atoms with E-state index in [9.17, 15) is 8.78 Å². The molecule has 0 atom stereocenters. The summed E-state index contributed by atoms with van der Waals surface area (Å²) in [5.41, 5.74) is 0. The first-order chi connectivity index (χ1) is 4.70. The molecule has 1 aromatic heterocycles. The van der Waals surface area contributed by atoms with Crippen molar-refractivity contribution in [2.75, 3.05) is 0 Å². The molecular formula is C5H4ClF2NS. The molecule has 1 N–H and O–H groups in total. The van der Waals surface area contributed by atoms with E-state index in [-0.39, 0.29) is 0 Å². The third-order valence-corrected chi connectivity index (χ3v) is 2.05. The topological polar surface area (TPSA) is 15.8 Å². The van der Waals surface area contributed by atoms with Crippen molar-refractivity contribution < 1.29 is 8.78 Å². The van der Waals surface area contributed by atoms with Gasteiger partial charge in [-0.05, 0) is 17.8 Å². The van der Waals surface area contributed by atoms with E-state index >= 15 is 0 Å². The normalized spacial score (nSPS) is 10.8. The Kier molecular flexibility index (Phi) is 2.56. The molecule has 1 heterocycles. The minimum atomic E-state index is -2.42. The third kappa shape index (κ3) is 1.88. The van der Waals surface area contributed by atoms with Crippen LogP contribution in [0.2, 0.25) is 5.02 Å². The van der Waals surface area contributed by atoms with Crippen molar-refractivity contribution in [2.24, 2.45) is 0 Å².